The molecule has 11 heteroatoms. The van der Waals surface area contributed by atoms with Crippen molar-refractivity contribution in [1.82, 2.24) is 10.2 Å². The van der Waals surface area contributed by atoms with Crippen LogP contribution in [-0.2, 0) is 42.2 Å². The second kappa shape index (κ2) is 12.8. The molecule has 2 aromatic carbocycles. The third-order valence-corrected chi connectivity index (χ3v) is 5.57. The number of nitrogens with one attached hydrogen (secondary N) is 1. The molecule has 0 bridgehead atoms. The number of amides is 1. The van der Waals surface area contributed by atoms with E-state index < -0.39 is 22.0 Å². The van der Waals surface area contributed by atoms with Crippen LogP contribution in [0.25, 0.3) is 0 Å². The maximum Gasteiger partial charge on any atom is 0.320 e. The van der Waals surface area contributed by atoms with E-state index in [1.54, 1.807) is 55.1 Å². The van der Waals surface area contributed by atoms with Crippen molar-refractivity contribution < 1.29 is 32.3 Å². The van der Waals surface area contributed by atoms with E-state index in [4.69, 9.17) is 14.6 Å². The quantitative estimate of drug-likeness (QED) is 0.421. The van der Waals surface area contributed by atoms with Crippen LogP contribution in [0.1, 0.15) is 35.3 Å². The predicted octanol–water partition coefficient (Wildman–Crippen LogP) is 1.19. The molecule has 0 spiro atoms. The van der Waals surface area contributed by atoms with Crippen LogP contribution in [0.4, 0.5) is 0 Å². The highest BCUT2D eigenvalue weighted by molar-refractivity contribution is 7.89. The van der Waals surface area contributed by atoms with E-state index >= 15 is 0 Å². The fraction of sp³-hybridized carbons (Fsp3) is 0.348. The van der Waals surface area contributed by atoms with Crippen LogP contribution in [0.3, 0.4) is 0 Å². The molecule has 2 aromatic rings. The van der Waals surface area contributed by atoms with E-state index in [0.717, 1.165) is 5.56 Å². The first kappa shape index (κ1) is 27.0. The fourth-order valence-electron chi connectivity index (χ4n) is 3.05. The molecule has 0 saturated heterocycles. The molecule has 0 aliphatic heterocycles. The van der Waals surface area contributed by atoms with E-state index in [1.807, 2.05) is 0 Å². The van der Waals surface area contributed by atoms with E-state index in [0.29, 0.717) is 11.1 Å². The molecule has 0 aromatic heterocycles. The number of esters is 2. The lowest BCUT2D eigenvalue weighted by atomic mass is 10.1. The lowest BCUT2D eigenvalue weighted by molar-refractivity contribution is -0.148. The molecule has 0 aliphatic carbocycles. The lowest BCUT2D eigenvalue weighted by Gasteiger charge is -2.20. The Hall–Kier alpha value is -3.28. The average molecular weight is 492 g/mol. The van der Waals surface area contributed by atoms with Gasteiger partial charge in [0, 0.05) is 18.7 Å². The zero-order valence-electron chi connectivity index (χ0n) is 19.2. The molecular formula is C23H29N3O7S. The summed E-state index contributed by atoms with van der Waals surface area (Å²) >= 11 is 0. The van der Waals surface area contributed by atoms with Gasteiger partial charge in [-0.15, -0.1) is 0 Å². The number of primary sulfonamides is 1. The molecule has 0 unspecified atom stereocenters. The van der Waals surface area contributed by atoms with Gasteiger partial charge in [-0.25, -0.2) is 13.6 Å². The van der Waals surface area contributed by atoms with Crippen LogP contribution in [0.5, 0.6) is 0 Å². The third-order valence-electron chi connectivity index (χ3n) is 4.64. The summed E-state index contributed by atoms with van der Waals surface area (Å²) in [5.74, 6) is -1.20. The standard InChI is InChI=1S/C23H29N3O7S/c1-3-32-21(27)15-26(16-22(28)33-4-2)14-18-5-9-19(10-6-18)23(29)25-13-17-7-11-20(12-8-17)34(24,30)31/h5-12H,3-4,13-16H2,1-2H3,(H,25,29)(H2,24,30,31). The summed E-state index contributed by atoms with van der Waals surface area (Å²) in [6.45, 7) is 4.25. The first-order chi connectivity index (χ1) is 16.1. The molecule has 10 nitrogen and oxygen atoms in total. The van der Waals surface area contributed by atoms with Gasteiger partial charge in [-0.05, 0) is 49.2 Å². The second-order valence-electron chi connectivity index (χ2n) is 7.32. The molecule has 184 valence electrons. The normalized spacial score (nSPS) is 11.2. The maximum atomic E-state index is 12.5. The number of rotatable bonds is 12. The predicted molar refractivity (Wildman–Crippen MR) is 124 cm³/mol. The number of benzene rings is 2. The SMILES string of the molecule is CCOC(=O)CN(CC(=O)OCC)Cc1ccc(C(=O)NCc2ccc(S(N)(=O)=O)cc2)cc1. The fourth-order valence-corrected chi connectivity index (χ4v) is 3.56. The molecule has 2 rings (SSSR count). The number of ether oxygens (including phenoxy) is 2. The van der Waals surface area contributed by atoms with E-state index in [9.17, 15) is 22.8 Å². The van der Waals surface area contributed by atoms with Crippen molar-refractivity contribution in [2.45, 2.75) is 31.8 Å². The van der Waals surface area contributed by atoms with Crippen molar-refractivity contribution in [3.05, 3.63) is 65.2 Å². The number of hydrogen-bond acceptors (Lipinski definition) is 8. The molecular weight excluding hydrogens is 462 g/mol. The smallest absolute Gasteiger partial charge is 0.320 e. The molecule has 3 N–H and O–H groups in total. The Morgan fingerprint density at radius 1 is 0.853 bits per heavy atom. The Balaban J connectivity index is 1.97. The van der Waals surface area contributed by atoms with Crippen molar-refractivity contribution in [2.24, 2.45) is 5.14 Å². The zero-order valence-corrected chi connectivity index (χ0v) is 20.0. The largest absolute Gasteiger partial charge is 0.465 e. The minimum atomic E-state index is -3.77. The van der Waals surface area contributed by atoms with Crippen molar-refractivity contribution in [3.63, 3.8) is 0 Å². The summed E-state index contributed by atoms with van der Waals surface area (Å²) in [4.78, 5) is 37.8. The number of nitrogens with two attached hydrogens (primary N) is 1. The van der Waals surface area contributed by atoms with Crippen LogP contribution in [-0.4, -0.2) is 57.5 Å². The number of sulfonamides is 1. The molecule has 0 heterocycles. The number of hydrogen-bond donors (Lipinski definition) is 2. The summed E-state index contributed by atoms with van der Waals surface area (Å²) in [6.07, 6.45) is 0. The van der Waals surface area contributed by atoms with Crippen molar-refractivity contribution >= 4 is 27.9 Å². The lowest BCUT2D eigenvalue weighted by Crippen LogP contribution is -2.35. The van der Waals surface area contributed by atoms with Crippen LogP contribution in [0.15, 0.2) is 53.4 Å². The molecule has 0 aliphatic rings. The molecule has 0 saturated carbocycles. The van der Waals surface area contributed by atoms with Crippen LogP contribution >= 0.6 is 0 Å². The van der Waals surface area contributed by atoms with Gasteiger partial charge in [-0.2, -0.15) is 0 Å². The number of nitrogens with zero attached hydrogens (tertiary/aromatic N) is 1. The number of carbonyl (C=O) groups is 3. The van der Waals surface area contributed by atoms with Gasteiger partial charge in [0.05, 0.1) is 31.2 Å². The van der Waals surface area contributed by atoms with Gasteiger partial charge in [-0.1, -0.05) is 24.3 Å². The molecule has 34 heavy (non-hydrogen) atoms. The zero-order chi connectivity index (χ0) is 25.1. The van der Waals surface area contributed by atoms with E-state index in [2.05, 4.69) is 5.32 Å². The van der Waals surface area contributed by atoms with Gasteiger partial charge < -0.3 is 14.8 Å². The van der Waals surface area contributed by atoms with Crippen molar-refractivity contribution in [2.75, 3.05) is 26.3 Å². The topological polar surface area (TPSA) is 145 Å². The van der Waals surface area contributed by atoms with Gasteiger partial charge in [0.25, 0.3) is 5.91 Å². The summed E-state index contributed by atoms with van der Waals surface area (Å²) in [7, 11) is -3.77. The second-order valence-corrected chi connectivity index (χ2v) is 8.89. The Morgan fingerprint density at radius 3 is 1.82 bits per heavy atom. The Morgan fingerprint density at radius 2 is 1.35 bits per heavy atom. The molecule has 0 atom stereocenters. The van der Waals surface area contributed by atoms with E-state index in [1.165, 1.54) is 12.1 Å². The Labute approximate surface area is 199 Å². The van der Waals surface area contributed by atoms with Gasteiger partial charge in [0.2, 0.25) is 10.0 Å². The number of carbonyl (C=O) groups excluding carboxylic acids is 3. The Bertz CT molecular complexity index is 1060. The van der Waals surface area contributed by atoms with Crippen molar-refractivity contribution in [1.29, 1.82) is 0 Å². The van der Waals surface area contributed by atoms with Gasteiger partial charge in [0.15, 0.2) is 0 Å². The van der Waals surface area contributed by atoms with Crippen LogP contribution in [0.2, 0.25) is 0 Å². The highest BCUT2D eigenvalue weighted by Crippen LogP contribution is 2.11. The molecule has 0 radical (unpaired) electrons. The molecule has 0 fully saturated rings. The summed E-state index contributed by atoms with van der Waals surface area (Å²) in [5, 5.41) is 7.84. The Kier molecular flexibility index (Phi) is 10.2. The van der Waals surface area contributed by atoms with Gasteiger partial charge in [0.1, 0.15) is 0 Å². The first-order valence-corrected chi connectivity index (χ1v) is 12.2. The maximum absolute atomic E-state index is 12.5. The van der Waals surface area contributed by atoms with Gasteiger partial charge >= 0.3 is 11.9 Å². The van der Waals surface area contributed by atoms with Crippen LogP contribution < -0.4 is 10.5 Å². The minimum Gasteiger partial charge on any atom is -0.465 e. The van der Waals surface area contributed by atoms with E-state index in [-0.39, 0.29) is 50.2 Å². The van der Waals surface area contributed by atoms with Gasteiger partial charge in [-0.3, -0.25) is 19.3 Å². The molecule has 1 amide bonds. The summed E-state index contributed by atoms with van der Waals surface area (Å²) < 4.78 is 32.6. The third kappa shape index (κ3) is 8.93. The average Bonchev–Trinajstić information content (AvgIpc) is 2.78. The summed E-state index contributed by atoms with van der Waals surface area (Å²) in [5.41, 5.74) is 1.93. The minimum absolute atomic E-state index is 0.00174. The highest BCUT2D eigenvalue weighted by atomic mass is 32.2. The van der Waals surface area contributed by atoms with Crippen molar-refractivity contribution in [3.8, 4) is 0 Å². The monoisotopic (exact) mass is 491 g/mol. The first-order valence-electron chi connectivity index (χ1n) is 10.6. The summed E-state index contributed by atoms with van der Waals surface area (Å²) in [6, 6.07) is 12.7. The van der Waals surface area contributed by atoms with Crippen LogP contribution in [0, 0.1) is 0 Å². The highest BCUT2D eigenvalue weighted by Gasteiger charge is 2.17.